The summed E-state index contributed by atoms with van der Waals surface area (Å²) in [5, 5.41) is 2.85. The first-order valence-corrected chi connectivity index (χ1v) is 6.27. The smallest absolute Gasteiger partial charge is 0.255 e. The highest BCUT2D eigenvalue weighted by Crippen LogP contribution is 2.25. The summed E-state index contributed by atoms with van der Waals surface area (Å²) < 4.78 is 0. The maximum Gasteiger partial charge on any atom is 0.255 e. The number of amides is 1. The zero-order valence-corrected chi connectivity index (χ0v) is 10.3. The number of fused-ring (bicyclic) bond motifs is 1. The molecule has 0 radical (unpaired) electrons. The van der Waals surface area contributed by atoms with Crippen LogP contribution in [0.15, 0.2) is 48.5 Å². The Morgan fingerprint density at radius 2 is 1.74 bits per heavy atom. The van der Waals surface area contributed by atoms with Gasteiger partial charge in [0.15, 0.2) is 5.78 Å². The number of rotatable bonds is 2. The van der Waals surface area contributed by atoms with Crippen LogP contribution in [0.5, 0.6) is 0 Å². The van der Waals surface area contributed by atoms with Crippen LogP contribution in [0.2, 0.25) is 0 Å². The summed E-state index contributed by atoms with van der Waals surface area (Å²) in [7, 11) is 0. The first-order valence-electron chi connectivity index (χ1n) is 6.27. The molecule has 1 aliphatic rings. The first kappa shape index (κ1) is 11.7. The molecule has 0 atom stereocenters. The number of benzene rings is 2. The van der Waals surface area contributed by atoms with E-state index in [-0.39, 0.29) is 11.7 Å². The van der Waals surface area contributed by atoms with Crippen LogP contribution in [0, 0.1) is 0 Å². The highest BCUT2D eigenvalue weighted by atomic mass is 16.1. The van der Waals surface area contributed by atoms with Crippen LogP contribution in [0.1, 0.15) is 32.7 Å². The summed E-state index contributed by atoms with van der Waals surface area (Å²) in [6.07, 6.45) is 1.16. The monoisotopic (exact) mass is 251 g/mol. The summed E-state index contributed by atoms with van der Waals surface area (Å²) in [5.41, 5.74) is 2.93. The zero-order valence-electron chi connectivity index (χ0n) is 10.3. The van der Waals surface area contributed by atoms with Crippen molar-refractivity contribution in [3.63, 3.8) is 0 Å². The molecule has 0 saturated heterocycles. The molecule has 94 valence electrons. The Balaban J connectivity index is 1.91. The second-order valence-electron chi connectivity index (χ2n) is 4.58. The molecule has 0 aromatic heterocycles. The van der Waals surface area contributed by atoms with Gasteiger partial charge in [-0.3, -0.25) is 9.59 Å². The molecule has 19 heavy (non-hydrogen) atoms. The summed E-state index contributed by atoms with van der Waals surface area (Å²) in [4.78, 5) is 23.9. The summed E-state index contributed by atoms with van der Waals surface area (Å²) in [6, 6.07) is 14.7. The zero-order chi connectivity index (χ0) is 13.2. The molecular weight excluding hydrogens is 238 g/mol. The van der Waals surface area contributed by atoms with E-state index in [0.29, 0.717) is 24.0 Å². The number of para-hydroxylation sites is 1. The molecular formula is C16H13NO2. The van der Waals surface area contributed by atoms with Crippen molar-refractivity contribution in [2.75, 3.05) is 5.32 Å². The molecule has 1 N–H and O–H groups in total. The van der Waals surface area contributed by atoms with Crippen molar-refractivity contribution in [2.45, 2.75) is 12.8 Å². The van der Waals surface area contributed by atoms with E-state index < -0.39 is 0 Å². The molecule has 0 bridgehead atoms. The Labute approximate surface area is 111 Å². The lowest BCUT2D eigenvalue weighted by molar-refractivity contribution is 0.0993. The predicted molar refractivity (Wildman–Crippen MR) is 73.5 cm³/mol. The molecule has 3 rings (SSSR count). The molecule has 2 aromatic rings. The molecule has 0 unspecified atom stereocenters. The second-order valence-corrected chi connectivity index (χ2v) is 4.58. The molecule has 1 amide bonds. The van der Waals surface area contributed by atoms with E-state index >= 15 is 0 Å². The summed E-state index contributed by atoms with van der Waals surface area (Å²) in [5.74, 6) is -0.0258. The van der Waals surface area contributed by atoms with Crippen LogP contribution in [0.4, 0.5) is 5.69 Å². The van der Waals surface area contributed by atoms with Gasteiger partial charge in [-0.15, -0.1) is 0 Å². The highest BCUT2D eigenvalue weighted by molar-refractivity contribution is 6.09. The largest absolute Gasteiger partial charge is 0.322 e. The number of anilines is 1. The van der Waals surface area contributed by atoms with E-state index in [2.05, 4.69) is 5.32 Å². The quantitative estimate of drug-likeness (QED) is 0.891. The van der Waals surface area contributed by atoms with Gasteiger partial charge < -0.3 is 5.32 Å². The minimum Gasteiger partial charge on any atom is -0.322 e. The standard InChI is InChI=1S/C16H13NO2/c18-15-10-9-12-13(15)7-4-8-14(12)16(19)17-11-5-2-1-3-6-11/h1-8H,9-10H2,(H,17,19). The topological polar surface area (TPSA) is 46.2 Å². The maximum atomic E-state index is 12.3. The van der Waals surface area contributed by atoms with E-state index in [1.807, 2.05) is 30.3 Å². The van der Waals surface area contributed by atoms with Crippen molar-refractivity contribution in [3.8, 4) is 0 Å². The number of carbonyl (C=O) groups excluding carboxylic acids is 2. The minimum atomic E-state index is -0.155. The van der Waals surface area contributed by atoms with Crippen molar-refractivity contribution in [1.29, 1.82) is 0 Å². The van der Waals surface area contributed by atoms with Crippen LogP contribution in [-0.2, 0) is 6.42 Å². The van der Waals surface area contributed by atoms with Gasteiger partial charge in [-0.25, -0.2) is 0 Å². The maximum absolute atomic E-state index is 12.3. The van der Waals surface area contributed by atoms with Crippen LogP contribution in [-0.4, -0.2) is 11.7 Å². The fourth-order valence-corrected chi connectivity index (χ4v) is 2.42. The second kappa shape index (κ2) is 4.69. The average molecular weight is 251 g/mol. The average Bonchev–Trinajstić information content (AvgIpc) is 2.82. The van der Waals surface area contributed by atoms with Crippen LogP contribution in [0.3, 0.4) is 0 Å². The number of carbonyl (C=O) groups is 2. The lowest BCUT2D eigenvalue weighted by Crippen LogP contribution is -2.14. The van der Waals surface area contributed by atoms with Gasteiger partial charge in [0.25, 0.3) is 5.91 Å². The van der Waals surface area contributed by atoms with E-state index in [4.69, 9.17) is 0 Å². The highest BCUT2D eigenvalue weighted by Gasteiger charge is 2.24. The van der Waals surface area contributed by atoms with Crippen LogP contribution in [0.25, 0.3) is 0 Å². The lowest BCUT2D eigenvalue weighted by Gasteiger charge is -2.08. The van der Waals surface area contributed by atoms with Gasteiger partial charge >= 0.3 is 0 Å². The SMILES string of the molecule is O=C1CCc2c1cccc2C(=O)Nc1ccccc1. The van der Waals surface area contributed by atoms with Crippen molar-refractivity contribution < 1.29 is 9.59 Å². The third-order valence-electron chi connectivity index (χ3n) is 3.35. The molecule has 0 saturated carbocycles. The Morgan fingerprint density at radius 1 is 0.947 bits per heavy atom. The van der Waals surface area contributed by atoms with Gasteiger partial charge in [0.2, 0.25) is 0 Å². The Bertz CT molecular complexity index is 647. The molecule has 0 spiro atoms. The van der Waals surface area contributed by atoms with Gasteiger partial charge in [-0.05, 0) is 30.2 Å². The third kappa shape index (κ3) is 2.15. The van der Waals surface area contributed by atoms with Gasteiger partial charge in [0.05, 0.1) is 0 Å². The van der Waals surface area contributed by atoms with Crippen molar-refractivity contribution >= 4 is 17.4 Å². The number of ketones is 1. The van der Waals surface area contributed by atoms with Crippen molar-refractivity contribution in [1.82, 2.24) is 0 Å². The van der Waals surface area contributed by atoms with E-state index in [0.717, 1.165) is 11.3 Å². The molecule has 3 nitrogen and oxygen atoms in total. The third-order valence-corrected chi connectivity index (χ3v) is 3.35. The first-order chi connectivity index (χ1) is 9.25. The van der Waals surface area contributed by atoms with Gasteiger partial charge in [-0.1, -0.05) is 30.3 Å². The normalized spacial score (nSPS) is 13.2. The molecule has 0 aliphatic heterocycles. The van der Waals surface area contributed by atoms with Crippen molar-refractivity contribution in [3.05, 3.63) is 65.2 Å². The van der Waals surface area contributed by atoms with Crippen molar-refractivity contribution in [2.24, 2.45) is 0 Å². The Hall–Kier alpha value is -2.42. The van der Waals surface area contributed by atoms with Gasteiger partial charge in [-0.2, -0.15) is 0 Å². The van der Waals surface area contributed by atoms with Gasteiger partial charge in [0, 0.05) is 23.2 Å². The van der Waals surface area contributed by atoms with Crippen LogP contribution < -0.4 is 5.32 Å². The number of hydrogen-bond donors (Lipinski definition) is 1. The molecule has 3 heteroatoms. The Kier molecular flexibility index (Phi) is 2.88. The molecule has 2 aromatic carbocycles. The van der Waals surface area contributed by atoms with E-state index in [1.165, 1.54) is 0 Å². The molecule has 1 aliphatic carbocycles. The van der Waals surface area contributed by atoms with Gasteiger partial charge in [0.1, 0.15) is 0 Å². The molecule has 0 fully saturated rings. The summed E-state index contributed by atoms with van der Waals surface area (Å²) in [6.45, 7) is 0. The summed E-state index contributed by atoms with van der Waals surface area (Å²) >= 11 is 0. The molecule has 0 heterocycles. The number of Topliss-reactive ketones (excluding diaryl/α,β-unsaturated/α-hetero) is 1. The predicted octanol–water partition coefficient (Wildman–Crippen LogP) is 3.07. The van der Waals surface area contributed by atoms with Crippen LogP contribution >= 0.6 is 0 Å². The minimum absolute atomic E-state index is 0.129. The number of hydrogen-bond acceptors (Lipinski definition) is 2. The number of nitrogens with one attached hydrogen (secondary N) is 1. The van der Waals surface area contributed by atoms with E-state index in [9.17, 15) is 9.59 Å². The fraction of sp³-hybridized carbons (Fsp3) is 0.125. The lowest BCUT2D eigenvalue weighted by atomic mass is 10.0. The Morgan fingerprint density at radius 3 is 2.53 bits per heavy atom. The van der Waals surface area contributed by atoms with E-state index in [1.54, 1.807) is 18.2 Å². The fourth-order valence-electron chi connectivity index (χ4n) is 2.42.